The van der Waals surface area contributed by atoms with E-state index in [-0.39, 0.29) is 23.2 Å². The third kappa shape index (κ3) is 2.81. The molecule has 1 aliphatic carbocycles. The van der Waals surface area contributed by atoms with Crippen LogP contribution in [0.1, 0.15) is 25.8 Å². The van der Waals surface area contributed by atoms with Crippen molar-refractivity contribution in [3.63, 3.8) is 0 Å². The summed E-state index contributed by atoms with van der Waals surface area (Å²) in [5, 5.41) is 0. The number of nitrogens with zero attached hydrogens (tertiary/aromatic N) is 2. The van der Waals surface area contributed by atoms with Crippen molar-refractivity contribution in [2.24, 2.45) is 16.7 Å². The second-order valence-corrected chi connectivity index (χ2v) is 8.37. The molecule has 132 valence electrons. The van der Waals surface area contributed by atoms with Crippen molar-refractivity contribution in [2.75, 3.05) is 33.7 Å². The van der Waals surface area contributed by atoms with E-state index in [1.54, 1.807) is 0 Å². The van der Waals surface area contributed by atoms with Crippen molar-refractivity contribution in [1.29, 1.82) is 0 Å². The van der Waals surface area contributed by atoms with E-state index in [0.29, 0.717) is 11.5 Å². The van der Waals surface area contributed by atoms with E-state index in [1.165, 1.54) is 6.20 Å². The van der Waals surface area contributed by atoms with Crippen LogP contribution < -0.4 is 11.2 Å². The normalized spacial score (nSPS) is 27.9. The fourth-order valence-corrected chi connectivity index (χ4v) is 5.00. The maximum absolute atomic E-state index is 12.7. The summed E-state index contributed by atoms with van der Waals surface area (Å²) in [4.78, 5) is 44.2. The van der Waals surface area contributed by atoms with E-state index in [4.69, 9.17) is 0 Å². The van der Waals surface area contributed by atoms with Crippen molar-refractivity contribution in [3.05, 3.63) is 32.6 Å². The van der Waals surface area contributed by atoms with Crippen LogP contribution >= 0.6 is 0 Å². The molecule has 1 saturated carbocycles. The summed E-state index contributed by atoms with van der Waals surface area (Å²) < 4.78 is 0. The molecule has 7 heteroatoms. The summed E-state index contributed by atoms with van der Waals surface area (Å²) in [6.45, 7) is 7.02. The minimum absolute atomic E-state index is 0.0251. The highest BCUT2D eigenvalue weighted by Gasteiger charge is 2.63. The average Bonchev–Trinajstić information content (AvgIpc) is 2.75. The predicted molar refractivity (Wildman–Crippen MR) is 90.8 cm³/mol. The maximum Gasteiger partial charge on any atom is 0.325 e. The molecule has 2 heterocycles. The Bertz CT molecular complexity index is 760. The second-order valence-electron chi connectivity index (χ2n) is 8.37. The van der Waals surface area contributed by atoms with E-state index in [1.807, 2.05) is 4.90 Å². The molecule has 7 nitrogen and oxygen atoms in total. The number of aromatic amines is 2. The molecular formula is C17H26N4O3. The predicted octanol–water partition coefficient (Wildman–Crippen LogP) is 0.0420. The Labute approximate surface area is 141 Å². The van der Waals surface area contributed by atoms with Gasteiger partial charge in [-0.1, -0.05) is 13.8 Å². The Morgan fingerprint density at radius 1 is 1.38 bits per heavy atom. The molecule has 1 aliphatic heterocycles. The third-order valence-corrected chi connectivity index (χ3v) is 5.62. The summed E-state index contributed by atoms with van der Waals surface area (Å²) in [6, 6.07) is 0. The first-order chi connectivity index (χ1) is 11.1. The molecule has 1 aromatic heterocycles. The van der Waals surface area contributed by atoms with Gasteiger partial charge in [0, 0.05) is 36.8 Å². The highest BCUT2D eigenvalue weighted by molar-refractivity contribution is 5.79. The first kappa shape index (κ1) is 17.0. The number of hydrogen-bond donors (Lipinski definition) is 2. The molecule has 1 aromatic rings. The molecule has 0 radical (unpaired) electrons. The molecule has 0 aromatic carbocycles. The van der Waals surface area contributed by atoms with E-state index < -0.39 is 11.2 Å². The number of likely N-dealkylation sites (tertiary alicyclic amines) is 1. The Kier molecular flexibility index (Phi) is 3.94. The first-order valence-corrected chi connectivity index (χ1v) is 8.36. The van der Waals surface area contributed by atoms with Gasteiger partial charge in [-0.3, -0.25) is 14.6 Å². The number of H-pyrrole nitrogens is 2. The van der Waals surface area contributed by atoms with Crippen LogP contribution in [0.4, 0.5) is 0 Å². The Morgan fingerprint density at radius 2 is 2.08 bits per heavy atom. The quantitative estimate of drug-likeness (QED) is 0.814. The van der Waals surface area contributed by atoms with Crippen LogP contribution in [0.15, 0.2) is 15.8 Å². The van der Waals surface area contributed by atoms with Crippen LogP contribution in [-0.2, 0) is 11.2 Å². The van der Waals surface area contributed by atoms with Crippen LogP contribution in [0.2, 0.25) is 0 Å². The summed E-state index contributed by atoms with van der Waals surface area (Å²) in [5.74, 6) is 0.445. The molecule has 3 rings (SSSR count). The van der Waals surface area contributed by atoms with Gasteiger partial charge in [-0.05, 0) is 31.8 Å². The fourth-order valence-electron chi connectivity index (χ4n) is 5.00. The number of hydrogen-bond acceptors (Lipinski definition) is 4. The van der Waals surface area contributed by atoms with Crippen molar-refractivity contribution in [2.45, 2.75) is 26.7 Å². The van der Waals surface area contributed by atoms with Crippen molar-refractivity contribution >= 4 is 5.91 Å². The Balaban J connectivity index is 1.75. The zero-order valence-electron chi connectivity index (χ0n) is 14.8. The lowest BCUT2D eigenvalue weighted by Crippen LogP contribution is -2.57. The highest BCUT2D eigenvalue weighted by atomic mass is 16.2. The van der Waals surface area contributed by atoms with Gasteiger partial charge in [0.2, 0.25) is 5.91 Å². The average molecular weight is 334 g/mol. The van der Waals surface area contributed by atoms with Crippen LogP contribution in [0, 0.1) is 16.7 Å². The third-order valence-electron chi connectivity index (χ3n) is 5.62. The maximum atomic E-state index is 12.7. The van der Waals surface area contributed by atoms with E-state index in [2.05, 4.69) is 42.8 Å². The lowest BCUT2D eigenvalue weighted by Gasteiger charge is -2.57. The van der Waals surface area contributed by atoms with Gasteiger partial charge in [-0.15, -0.1) is 0 Å². The molecule has 0 unspecified atom stereocenters. The van der Waals surface area contributed by atoms with Crippen LogP contribution in [0.25, 0.3) is 0 Å². The number of aromatic nitrogens is 2. The molecule has 2 fully saturated rings. The monoisotopic (exact) mass is 334 g/mol. The van der Waals surface area contributed by atoms with E-state index >= 15 is 0 Å². The zero-order valence-corrected chi connectivity index (χ0v) is 14.8. The SMILES string of the molecule is CN(C)C[C@@]12CN(C(=O)Cc3c[nH]c(=O)[nH]c3=O)C[C@@H]1C(C)(C)C2. The standard InChI is InChI=1S/C17H26N4O3/c1-16(2)8-17(9-20(3)4)10-21(7-12(16)17)13(22)5-11-6-18-15(24)19-14(11)23/h6,12H,5,7-10H2,1-4H3,(H2,18,19,23,24)/t12-,17+/m1/s1. The van der Waals surface area contributed by atoms with Gasteiger partial charge in [0.1, 0.15) is 0 Å². The largest absolute Gasteiger partial charge is 0.341 e. The van der Waals surface area contributed by atoms with E-state index in [9.17, 15) is 14.4 Å². The molecule has 24 heavy (non-hydrogen) atoms. The topological polar surface area (TPSA) is 89.3 Å². The molecular weight excluding hydrogens is 308 g/mol. The lowest BCUT2D eigenvalue weighted by atomic mass is 9.48. The summed E-state index contributed by atoms with van der Waals surface area (Å²) in [5.41, 5.74) is -0.319. The fraction of sp³-hybridized carbons (Fsp3) is 0.706. The Morgan fingerprint density at radius 3 is 2.67 bits per heavy atom. The molecule has 2 aliphatic rings. The van der Waals surface area contributed by atoms with Crippen LogP contribution in [-0.4, -0.2) is 59.4 Å². The van der Waals surface area contributed by atoms with Crippen LogP contribution in [0.3, 0.4) is 0 Å². The highest BCUT2D eigenvalue weighted by Crippen LogP contribution is 2.62. The summed E-state index contributed by atoms with van der Waals surface area (Å²) >= 11 is 0. The van der Waals surface area contributed by atoms with Gasteiger partial charge >= 0.3 is 5.69 Å². The van der Waals surface area contributed by atoms with Gasteiger partial charge in [0.15, 0.2) is 0 Å². The molecule has 2 N–H and O–H groups in total. The first-order valence-electron chi connectivity index (χ1n) is 8.36. The van der Waals surface area contributed by atoms with Gasteiger partial charge in [0.25, 0.3) is 5.56 Å². The van der Waals surface area contributed by atoms with Crippen molar-refractivity contribution in [3.8, 4) is 0 Å². The van der Waals surface area contributed by atoms with Gasteiger partial charge < -0.3 is 14.8 Å². The number of rotatable bonds is 4. The minimum atomic E-state index is -0.554. The van der Waals surface area contributed by atoms with Crippen molar-refractivity contribution < 1.29 is 4.79 Å². The molecule has 1 saturated heterocycles. The van der Waals surface area contributed by atoms with Crippen LogP contribution in [0.5, 0.6) is 0 Å². The lowest BCUT2D eigenvalue weighted by molar-refractivity contribution is -0.129. The van der Waals surface area contributed by atoms with E-state index in [0.717, 1.165) is 26.1 Å². The Hall–Kier alpha value is -1.89. The number of fused-ring (bicyclic) bond motifs is 1. The minimum Gasteiger partial charge on any atom is -0.341 e. The molecule has 0 bridgehead atoms. The molecule has 2 atom stereocenters. The summed E-state index contributed by atoms with van der Waals surface area (Å²) in [7, 11) is 4.14. The number of carbonyl (C=O) groups is 1. The number of nitrogens with one attached hydrogen (secondary N) is 2. The zero-order chi connectivity index (χ0) is 17.7. The van der Waals surface area contributed by atoms with Gasteiger partial charge in [-0.2, -0.15) is 0 Å². The number of carbonyl (C=O) groups excluding carboxylic acids is 1. The summed E-state index contributed by atoms with van der Waals surface area (Å²) in [6.07, 6.45) is 2.48. The van der Waals surface area contributed by atoms with Gasteiger partial charge in [0.05, 0.1) is 6.42 Å². The smallest absolute Gasteiger partial charge is 0.325 e. The van der Waals surface area contributed by atoms with Crippen molar-refractivity contribution in [1.82, 2.24) is 19.8 Å². The second kappa shape index (κ2) is 5.58. The number of amides is 1. The molecule has 1 amide bonds. The van der Waals surface area contributed by atoms with Gasteiger partial charge in [-0.25, -0.2) is 4.79 Å². The molecule has 0 spiro atoms.